The highest BCUT2D eigenvalue weighted by molar-refractivity contribution is 5.77. The maximum atomic E-state index is 12.7. The quantitative estimate of drug-likeness (QED) is 0.685. The molecule has 1 fully saturated rings. The number of hydrogen-bond donors (Lipinski definition) is 1. The van der Waals surface area contributed by atoms with Crippen molar-refractivity contribution in [3.63, 3.8) is 0 Å². The molecule has 8 nitrogen and oxygen atoms in total. The number of carbonyl (C=O) groups excluding carboxylic acids is 1. The van der Waals surface area contributed by atoms with Crippen molar-refractivity contribution in [3.8, 4) is 0 Å². The molecule has 3 aromatic rings. The SMILES string of the molecule is Cc1cccc(Nc2ccc(C3CCCN3C(=O)CCc3nc(C)no3)nc2)n1. The van der Waals surface area contributed by atoms with Gasteiger partial charge >= 0.3 is 0 Å². The van der Waals surface area contributed by atoms with E-state index in [0.717, 1.165) is 42.3 Å². The molecular formula is C21H24N6O2. The third-order valence-electron chi connectivity index (χ3n) is 4.98. The van der Waals surface area contributed by atoms with Crippen molar-refractivity contribution in [3.05, 3.63) is 59.6 Å². The Morgan fingerprint density at radius 2 is 2.14 bits per heavy atom. The minimum Gasteiger partial charge on any atom is -0.339 e. The van der Waals surface area contributed by atoms with E-state index in [0.29, 0.717) is 24.6 Å². The first-order valence-corrected chi connectivity index (χ1v) is 9.84. The Bertz CT molecular complexity index is 985. The largest absolute Gasteiger partial charge is 0.339 e. The monoisotopic (exact) mass is 392 g/mol. The number of nitrogens with zero attached hydrogens (tertiary/aromatic N) is 5. The lowest BCUT2D eigenvalue weighted by Gasteiger charge is -2.24. The number of pyridine rings is 2. The van der Waals surface area contributed by atoms with Crippen molar-refractivity contribution in [2.75, 3.05) is 11.9 Å². The van der Waals surface area contributed by atoms with E-state index in [2.05, 4.69) is 25.4 Å². The number of anilines is 2. The van der Waals surface area contributed by atoms with Gasteiger partial charge in [-0.15, -0.1) is 0 Å². The zero-order valence-electron chi connectivity index (χ0n) is 16.6. The van der Waals surface area contributed by atoms with Gasteiger partial charge in [0, 0.05) is 25.1 Å². The normalized spacial score (nSPS) is 16.2. The lowest BCUT2D eigenvalue weighted by Crippen LogP contribution is -2.31. The first-order chi connectivity index (χ1) is 14.1. The summed E-state index contributed by atoms with van der Waals surface area (Å²) in [6, 6.07) is 9.81. The van der Waals surface area contributed by atoms with E-state index in [1.54, 1.807) is 13.1 Å². The summed E-state index contributed by atoms with van der Waals surface area (Å²) < 4.78 is 5.10. The number of nitrogens with one attached hydrogen (secondary N) is 1. The molecule has 1 aliphatic heterocycles. The maximum Gasteiger partial charge on any atom is 0.227 e. The van der Waals surface area contributed by atoms with E-state index >= 15 is 0 Å². The van der Waals surface area contributed by atoms with E-state index in [1.807, 2.05) is 42.2 Å². The van der Waals surface area contributed by atoms with Crippen LogP contribution in [0, 0.1) is 13.8 Å². The second kappa shape index (κ2) is 8.38. The van der Waals surface area contributed by atoms with E-state index in [-0.39, 0.29) is 11.9 Å². The summed E-state index contributed by atoms with van der Waals surface area (Å²) in [5.74, 6) is 1.97. The second-order valence-electron chi connectivity index (χ2n) is 7.24. The molecule has 0 radical (unpaired) electrons. The van der Waals surface area contributed by atoms with Gasteiger partial charge in [0.2, 0.25) is 11.8 Å². The summed E-state index contributed by atoms with van der Waals surface area (Å²) in [6.45, 7) is 4.48. The first kappa shape index (κ1) is 19.0. The Morgan fingerprint density at radius 3 is 2.86 bits per heavy atom. The Morgan fingerprint density at radius 1 is 1.24 bits per heavy atom. The van der Waals surface area contributed by atoms with Crippen LogP contribution in [0.15, 0.2) is 41.1 Å². The molecule has 0 bridgehead atoms. The van der Waals surface area contributed by atoms with Gasteiger partial charge < -0.3 is 14.7 Å². The van der Waals surface area contributed by atoms with Crippen molar-refractivity contribution < 1.29 is 9.32 Å². The van der Waals surface area contributed by atoms with Crippen molar-refractivity contribution in [2.45, 2.75) is 45.6 Å². The fourth-order valence-corrected chi connectivity index (χ4v) is 3.61. The molecule has 1 saturated heterocycles. The Hall–Kier alpha value is -3.29. The molecule has 1 N–H and O–H groups in total. The summed E-state index contributed by atoms with van der Waals surface area (Å²) in [5.41, 5.74) is 2.73. The molecule has 1 unspecified atom stereocenters. The van der Waals surface area contributed by atoms with Gasteiger partial charge in [0.05, 0.1) is 23.6 Å². The van der Waals surface area contributed by atoms with Crippen LogP contribution in [0.2, 0.25) is 0 Å². The Balaban J connectivity index is 1.39. The minimum absolute atomic E-state index is 0.0121. The fraction of sp³-hybridized carbons (Fsp3) is 0.381. The van der Waals surface area contributed by atoms with Crippen LogP contribution in [0.4, 0.5) is 11.5 Å². The highest BCUT2D eigenvalue weighted by atomic mass is 16.5. The van der Waals surface area contributed by atoms with Gasteiger partial charge in [-0.1, -0.05) is 11.2 Å². The molecule has 29 heavy (non-hydrogen) atoms. The number of hydrogen-bond acceptors (Lipinski definition) is 7. The standard InChI is InChI=1S/C21H24N6O2/c1-14-5-3-7-19(23-14)25-16-8-9-17(22-13-16)18-6-4-12-27(18)21(28)11-10-20-24-15(2)26-29-20/h3,5,7-9,13,18H,4,6,10-12H2,1-2H3,(H,23,25). The Labute approximate surface area is 169 Å². The predicted octanol–water partition coefficient (Wildman–Crippen LogP) is 3.52. The highest BCUT2D eigenvalue weighted by Crippen LogP contribution is 2.32. The van der Waals surface area contributed by atoms with E-state index in [9.17, 15) is 4.79 Å². The lowest BCUT2D eigenvalue weighted by atomic mass is 10.1. The molecule has 4 rings (SSSR count). The van der Waals surface area contributed by atoms with Crippen LogP contribution in [0.5, 0.6) is 0 Å². The summed E-state index contributed by atoms with van der Waals surface area (Å²) in [5, 5.41) is 7.03. The number of carbonyl (C=O) groups is 1. The van der Waals surface area contributed by atoms with Crippen LogP contribution < -0.4 is 5.32 Å². The number of amides is 1. The number of aromatic nitrogens is 4. The summed E-state index contributed by atoms with van der Waals surface area (Å²) >= 11 is 0. The summed E-state index contributed by atoms with van der Waals surface area (Å²) in [6.07, 6.45) is 4.51. The third kappa shape index (κ3) is 4.59. The number of aryl methyl sites for hydroxylation is 3. The van der Waals surface area contributed by atoms with E-state index < -0.39 is 0 Å². The van der Waals surface area contributed by atoms with Crippen LogP contribution >= 0.6 is 0 Å². The van der Waals surface area contributed by atoms with Crippen LogP contribution in [0.1, 0.15) is 48.4 Å². The average molecular weight is 392 g/mol. The molecule has 0 aliphatic carbocycles. The van der Waals surface area contributed by atoms with Gasteiger partial charge in [-0.05, 0) is 51.0 Å². The van der Waals surface area contributed by atoms with Crippen LogP contribution in [0.3, 0.4) is 0 Å². The number of likely N-dealkylation sites (tertiary alicyclic amines) is 1. The third-order valence-corrected chi connectivity index (χ3v) is 4.98. The van der Waals surface area contributed by atoms with Crippen LogP contribution in [0.25, 0.3) is 0 Å². The van der Waals surface area contributed by atoms with Crippen LogP contribution in [-0.2, 0) is 11.2 Å². The van der Waals surface area contributed by atoms with E-state index in [4.69, 9.17) is 4.52 Å². The number of rotatable bonds is 6. The molecule has 1 atom stereocenters. The molecule has 0 aromatic carbocycles. The van der Waals surface area contributed by atoms with Gasteiger partial charge in [0.25, 0.3) is 0 Å². The van der Waals surface area contributed by atoms with Gasteiger partial charge in [-0.3, -0.25) is 9.78 Å². The molecule has 4 heterocycles. The summed E-state index contributed by atoms with van der Waals surface area (Å²) in [4.78, 5) is 27.9. The van der Waals surface area contributed by atoms with Crippen molar-refractivity contribution >= 4 is 17.4 Å². The molecule has 1 aliphatic rings. The maximum absolute atomic E-state index is 12.7. The van der Waals surface area contributed by atoms with E-state index in [1.165, 1.54) is 0 Å². The smallest absolute Gasteiger partial charge is 0.227 e. The van der Waals surface area contributed by atoms with Crippen LogP contribution in [-0.4, -0.2) is 37.5 Å². The Kier molecular flexibility index (Phi) is 5.50. The van der Waals surface area contributed by atoms with Gasteiger partial charge in [-0.2, -0.15) is 4.98 Å². The minimum atomic E-state index is 0.0121. The van der Waals surface area contributed by atoms with Gasteiger partial charge in [0.1, 0.15) is 5.82 Å². The molecule has 0 spiro atoms. The van der Waals surface area contributed by atoms with Crippen molar-refractivity contribution in [1.82, 2.24) is 25.0 Å². The predicted molar refractivity (Wildman–Crippen MR) is 108 cm³/mol. The van der Waals surface area contributed by atoms with Crippen molar-refractivity contribution in [2.24, 2.45) is 0 Å². The first-order valence-electron chi connectivity index (χ1n) is 9.84. The summed E-state index contributed by atoms with van der Waals surface area (Å²) in [7, 11) is 0. The highest BCUT2D eigenvalue weighted by Gasteiger charge is 2.30. The molecule has 3 aromatic heterocycles. The average Bonchev–Trinajstić information content (AvgIpc) is 3.36. The fourth-order valence-electron chi connectivity index (χ4n) is 3.61. The zero-order chi connectivity index (χ0) is 20.2. The van der Waals surface area contributed by atoms with Gasteiger partial charge in [-0.25, -0.2) is 4.98 Å². The van der Waals surface area contributed by atoms with Crippen molar-refractivity contribution in [1.29, 1.82) is 0 Å². The molecule has 8 heteroatoms. The molecule has 1 amide bonds. The zero-order valence-corrected chi connectivity index (χ0v) is 16.6. The topological polar surface area (TPSA) is 97.0 Å². The molecule has 0 saturated carbocycles. The van der Waals surface area contributed by atoms with Gasteiger partial charge in [0.15, 0.2) is 5.82 Å². The molecule has 150 valence electrons. The molecular weight excluding hydrogens is 368 g/mol. The lowest BCUT2D eigenvalue weighted by molar-refractivity contribution is -0.132. The second-order valence-corrected chi connectivity index (χ2v) is 7.24.